The highest BCUT2D eigenvalue weighted by Crippen LogP contribution is 2.21. The summed E-state index contributed by atoms with van der Waals surface area (Å²) in [6.45, 7) is -1.18. The molecule has 7 atom stereocenters. The number of unbranched alkanes of at least 4 members (excludes halogenated alkanes) is 1. The van der Waals surface area contributed by atoms with Crippen molar-refractivity contribution in [3.8, 4) is 0 Å². The standard InChI is InChI=1S/C30H50N8O12S/c31-10-2-1-5-17(33-25(44)18(13-39)34-24(43)16(32)8-9-23(41)42)28(47)37-11-3-6-21(37)27(46)35-19(14-40)26(45)36-20(15-51)29(48)38-12-4-7-22(38)30(49)50/h16-22,39-40,51H,1-15,31-32H2,(H,33,44)(H,34,43)(H,35,46)(H,36,45)(H,41,42)(H,49,50)/t16-,17-,18-,19-,20-,21-,22-/m0/s1. The van der Waals surface area contributed by atoms with E-state index in [1.54, 1.807) is 0 Å². The van der Waals surface area contributed by atoms with Crippen molar-refractivity contribution in [2.75, 3.05) is 38.6 Å². The molecule has 0 aromatic carbocycles. The number of thiol groups is 1. The Morgan fingerprint density at radius 2 is 1.22 bits per heavy atom. The van der Waals surface area contributed by atoms with E-state index in [1.807, 2.05) is 0 Å². The van der Waals surface area contributed by atoms with Gasteiger partial charge in [-0.3, -0.25) is 33.6 Å². The summed E-state index contributed by atoms with van der Waals surface area (Å²) in [4.78, 5) is 103. The van der Waals surface area contributed by atoms with Crippen LogP contribution in [-0.2, 0) is 38.4 Å². The van der Waals surface area contributed by atoms with Crippen LogP contribution in [0.2, 0.25) is 0 Å². The van der Waals surface area contributed by atoms with Gasteiger partial charge in [0.15, 0.2) is 0 Å². The second-order valence-corrected chi connectivity index (χ2v) is 12.7. The van der Waals surface area contributed by atoms with Crippen LogP contribution in [0.15, 0.2) is 0 Å². The van der Waals surface area contributed by atoms with Gasteiger partial charge in [-0.1, -0.05) is 0 Å². The molecule has 0 spiro atoms. The summed E-state index contributed by atoms with van der Waals surface area (Å²) in [5, 5.41) is 47.5. The van der Waals surface area contributed by atoms with Crippen LogP contribution in [0.3, 0.4) is 0 Å². The molecule has 0 aromatic heterocycles. The Labute approximate surface area is 299 Å². The summed E-state index contributed by atoms with van der Waals surface area (Å²) < 4.78 is 0. The van der Waals surface area contributed by atoms with Crippen molar-refractivity contribution >= 4 is 60.0 Å². The lowest BCUT2D eigenvalue weighted by Gasteiger charge is -2.31. The van der Waals surface area contributed by atoms with E-state index in [2.05, 4.69) is 33.9 Å². The van der Waals surface area contributed by atoms with Crippen LogP contribution >= 0.6 is 12.6 Å². The maximum atomic E-state index is 13.8. The lowest BCUT2D eigenvalue weighted by molar-refractivity contribution is -0.149. The normalized spacial score (nSPS) is 20.0. The van der Waals surface area contributed by atoms with E-state index >= 15 is 0 Å². The average Bonchev–Trinajstić information content (AvgIpc) is 3.80. The van der Waals surface area contributed by atoms with Crippen LogP contribution in [0.5, 0.6) is 0 Å². The van der Waals surface area contributed by atoms with Gasteiger partial charge in [-0.15, -0.1) is 0 Å². The molecule has 2 rings (SSSR count). The molecule has 2 aliphatic rings. The topological polar surface area (TPSA) is 324 Å². The number of likely N-dealkylation sites (tertiary alicyclic amines) is 2. The predicted molar refractivity (Wildman–Crippen MR) is 181 cm³/mol. The minimum absolute atomic E-state index is 0.0808. The lowest BCUT2D eigenvalue weighted by Crippen LogP contribution is -2.60. The van der Waals surface area contributed by atoms with E-state index in [0.717, 1.165) is 4.90 Å². The zero-order valence-electron chi connectivity index (χ0n) is 28.2. The Morgan fingerprint density at radius 1 is 0.706 bits per heavy atom. The maximum Gasteiger partial charge on any atom is 0.326 e. The van der Waals surface area contributed by atoms with Gasteiger partial charge in [0.25, 0.3) is 0 Å². The minimum atomic E-state index is -1.55. The summed E-state index contributed by atoms with van der Waals surface area (Å²) in [6, 6.07) is -9.00. The Kier molecular flexibility index (Phi) is 18.0. The van der Waals surface area contributed by atoms with Gasteiger partial charge in [0.1, 0.15) is 36.3 Å². The first-order valence-corrected chi connectivity index (χ1v) is 17.4. The molecule has 20 nitrogen and oxygen atoms in total. The quantitative estimate of drug-likeness (QED) is 0.0388. The molecular formula is C30H50N8O12S. The first-order chi connectivity index (χ1) is 24.2. The molecule has 0 bridgehead atoms. The van der Waals surface area contributed by atoms with E-state index in [4.69, 9.17) is 16.6 Å². The third-order valence-corrected chi connectivity index (χ3v) is 9.02. The van der Waals surface area contributed by atoms with E-state index in [1.165, 1.54) is 4.90 Å². The number of carbonyl (C=O) groups is 8. The highest BCUT2D eigenvalue weighted by molar-refractivity contribution is 7.80. The number of carbonyl (C=O) groups excluding carboxylic acids is 6. The molecular weight excluding hydrogens is 696 g/mol. The van der Waals surface area contributed by atoms with Crippen LogP contribution in [0, 0.1) is 0 Å². The van der Waals surface area contributed by atoms with Gasteiger partial charge in [0.2, 0.25) is 35.4 Å². The number of carboxylic acids is 2. The van der Waals surface area contributed by atoms with Gasteiger partial charge >= 0.3 is 11.9 Å². The van der Waals surface area contributed by atoms with E-state index in [0.29, 0.717) is 25.7 Å². The third-order valence-electron chi connectivity index (χ3n) is 8.66. The SMILES string of the molecule is NCCCC[C@H](NC(=O)[C@H](CO)NC(=O)[C@@H](N)CCC(=O)O)C(=O)N1CCC[C@H]1C(=O)N[C@@H](CO)C(=O)N[C@@H](CS)C(=O)N1CCC[C@H]1C(=O)O. The number of hydrogen-bond acceptors (Lipinski definition) is 13. The molecule has 12 N–H and O–H groups in total. The van der Waals surface area contributed by atoms with E-state index < -0.39 is 109 Å². The van der Waals surface area contributed by atoms with Crippen molar-refractivity contribution in [3.63, 3.8) is 0 Å². The minimum Gasteiger partial charge on any atom is -0.481 e. The number of nitrogens with zero attached hydrogens (tertiary/aromatic N) is 2. The summed E-state index contributed by atoms with van der Waals surface area (Å²) in [6.07, 6.45) is 1.59. The predicted octanol–water partition coefficient (Wildman–Crippen LogP) is -4.77. The largest absolute Gasteiger partial charge is 0.481 e. The summed E-state index contributed by atoms with van der Waals surface area (Å²) in [7, 11) is 0. The van der Waals surface area contributed by atoms with Crippen LogP contribution in [0.25, 0.3) is 0 Å². The van der Waals surface area contributed by atoms with Gasteiger partial charge in [-0.05, 0) is 57.9 Å². The Morgan fingerprint density at radius 3 is 1.75 bits per heavy atom. The average molecular weight is 747 g/mol. The van der Waals surface area contributed by atoms with Crippen molar-refractivity contribution in [2.45, 2.75) is 100 Å². The van der Waals surface area contributed by atoms with Crippen molar-refractivity contribution in [1.29, 1.82) is 0 Å². The first-order valence-electron chi connectivity index (χ1n) is 16.8. The highest BCUT2D eigenvalue weighted by atomic mass is 32.1. The number of aliphatic carboxylic acids is 2. The molecule has 0 saturated carbocycles. The van der Waals surface area contributed by atoms with Crippen LogP contribution < -0.4 is 32.7 Å². The zero-order chi connectivity index (χ0) is 38.2. The van der Waals surface area contributed by atoms with Crippen LogP contribution in [-0.4, -0.2) is 159 Å². The molecule has 21 heteroatoms. The lowest BCUT2D eigenvalue weighted by atomic mass is 10.1. The van der Waals surface area contributed by atoms with Gasteiger partial charge in [0, 0.05) is 25.3 Å². The molecule has 2 heterocycles. The fourth-order valence-corrected chi connectivity index (χ4v) is 6.06. The Balaban J connectivity index is 2.12. The second-order valence-electron chi connectivity index (χ2n) is 12.3. The monoisotopic (exact) mass is 746 g/mol. The van der Waals surface area contributed by atoms with Crippen molar-refractivity contribution in [3.05, 3.63) is 0 Å². The van der Waals surface area contributed by atoms with Gasteiger partial charge in [0.05, 0.1) is 19.3 Å². The smallest absolute Gasteiger partial charge is 0.326 e. The molecule has 288 valence electrons. The Bertz CT molecular complexity index is 1280. The fraction of sp³-hybridized carbons (Fsp3) is 0.733. The molecule has 0 aromatic rings. The molecule has 2 fully saturated rings. The van der Waals surface area contributed by atoms with Crippen LogP contribution in [0.4, 0.5) is 0 Å². The van der Waals surface area contributed by atoms with E-state index in [9.17, 15) is 53.7 Å². The van der Waals surface area contributed by atoms with Crippen molar-refractivity contribution < 1.29 is 58.8 Å². The number of rotatable bonds is 21. The Hall–Kier alpha value is -4.05. The second kappa shape index (κ2) is 21.3. The van der Waals surface area contributed by atoms with Crippen molar-refractivity contribution in [2.24, 2.45) is 11.5 Å². The number of nitrogens with one attached hydrogen (secondary N) is 4. The van der Waals surface area contributed by atoms with Gasteiger partial charge in [-0.2, -0.15) is 12.6 Å². The number of hydrogen-bond donors (Lipinski definition) is 11. The summed E-state index contributed by atoms with van der Waals surface area (Å²) in [5.41, 5.74) is 11.3. The fourth-order valence-electron chi connectivity index (χ4n) is 5.82. The van der Waals surface area contributed by atoms with E-state index in [-0.39, 0.29) is 51.1 Å². The molecule has 2 saturated heterocycles. The van der Waals surface area contributed by atoms with Gasteiger partial charge in [-0.25, -0.2) is 4.79 Å². The molecule has 6 amide bonds. The molecule has 0 radical (unpaired) electrons. The number of nitrogens with two attached hydrogens (primary N) is 2. The zero-order valence-corrected chi connectivity index (χ0v) is 29.1. The third kappa shape index (κ3) is 12.6. The number of amides is 6. The number of aliphatic hydroxyl groups is 2. The number of carboxylic acid groups (broad SMARTS) is 2. The summed E-state index contributed by atoms with van der Waals surface area (Å²) >= 11 is 4.11. The van der Waals surface area contributed by atoms with Gasteiger partial charge < -0.3 is 63.0 Å². The molecule has 51 heavy (non-hydrogen) atoms. The summed E-state index contributed by atoms with van der Waals surface area (Å²) in [5.74, 6) is -7.45. The van der Waals surface area contributed by atoms with Crippen molar-refractivity contribution in [1.82, 2.24) is 31.1 Å². The molecule has 0 unspecified atom stereocenters. The molecule has 2 aliphatic heterocycles. The number of aliphatic hydroxyl groups excluding tert-OH is 2. The highest BCUT2D eigenvalue weighted by Gasteiger charge is 2.41. The first kappa shape index (κ1) is 43.1. The van der Waals surface area contributed by atoms with Crippen LogP contribution in [0.1, 0.15) is 57.8 Å². The molecule has 0 aliphatic carbocycles. The maximum absolute atomic E-state index is 13.8.